The fourth-order valence-corrected chi connectivity index (χ4v) is 4.15. The summed E-state index contributed by atoms with van der Waals surface area (Å²) in [6.07, 6.45) is 0. The molecule has 1 aliphatic heterocycles. The molecule has 6 nitrogen and oxygen atoms in total. The van der Waals surface area contributed by atoms with Gasteiger partial charge in [0.2, 0.25) is 5.91 Å². The maximum absolute atomic E-state index is 13.9. The first-order valence-corrected chi connectivity index (χ1v) is 11.0. The van der Waals surface area contributed by atoms with Crippen LogP contribution in [0.25, 0.3) is 0 Å². The van der Waals surface area contributed by atoms with E-state index in [0.29, 0.717) is 17.1 Å². The summed E-state index contributed by atoms with van der Waals surface area (Å²) in [5.74, 6) is 0.196. The highest BCUT2D eigenvalue weighted by Gasteiger charge is 2.42. The van der Waals surface area contributed by atoms with Gasteiger partial charge < -0.3 is 9.64 Å². The number of methoxy groups -OCH3 is 1. The minimum absolute atomic E-state index is 0.0679. The minimum atomic E-state index is -0.793. The lowest BCUT2D eigenvalue weighted by atomic mass is 9.99. The van der Waals surface area contributed by atoms with Crippen LogP contribution in [0.2, 0.25) is 0 Å². The predicted molar refractivity (Wildman–Crippen MR) is 130 cm³/mol. The molecular formula is C25H24BrN3O3. The maximum Gasteiger partial charge on any atom is 0.255 e. The SMILES string of the molecule is COc1ccccc1N1CC(=O)N(c2ccc(Br)cc2)[C@@H](c2ccc(N(C)C)cc2)C1=O. The molecule has 0 unspecified atom stereocenters. The molecule has 3 aromatic rings. The molecule has 4 rings (SSSR count). The lowest BCUT2D eigenvalue weighted by Gasteiger charge is -2.40. The van der Waals surface area contributed by atoms with E-state index in [-0.39, 0.29) is 18.4 Å². The molecule has 0 spiro atoms. The number of anilines is 3. The van der Waals surface area contributed by atoms with Crippen molar-refractivity contribution in [1.82, 2.24) is 0 Å². The Bertz CT molecular complexity index is 1130. The normalized spacial score (nSPS) is 16.3. The zero-order valence-corrected chi connectivity index (χ0v) is 19.7. The third kappa shape index (κ3) is 4.08. The molecule has 0 saturated carbocycles. The number of nitrogens with zero attached hydrogens (tertiary/aromatic N) is 3. The van der Waals surface area contributed by atoms with Gasteiger partial charge in [0.1, 0.15) is 18.3 Å². The Morgan fingerprint density at radius 3 is 2.22 bits per heavy atom. The van der Waals surface area contributed by atoms with Crippen LogP contribution in [0.5, 0.6) is 5.75 Å². The number of benzene rings is 3. The fourth-order valence-electron chi connectivity index (χ4n) is 3.89. The van der Waals surface area contributed by atoms with Gasteiger partial charge in [-0.25, -0.2) is 0 Å². The van der Waals surface area contributed by atoms with Crippen molar-refractivity contribution in [2.75, 3.05) is 42.4 Å². The first-order valence-electron chi connectivity index (χ1n) is 10.2. The summed E-state index contributed by atoms with van der Waals surface area (Å²) in [6, 6.07) is 21.6. The molecule has 1 atom stereocenters. The summed E-state index contributed by atoms with van der Waals surface area (Å²) in [5, 5.41) is 0. The summed E-state index contributed by atoms with van der Waals surface area (Å²) in [7, 11) is 5.48. The second-order valence-corrected chi connectivity index (χ2v) is 8.64. The molecular weight excluding hydrogens is 470 g/mol. The van der Waals surface area contributed by atoms with E-state index < -0.39 is 6.04 Å². The van der Waals surface area contributed by atoms with Crippen LogP contribution < -0.4 is 19.4 Å². The molecule has 1 heterocycles. The molecule has 7 heteroatoms. The maximum atomic E-state index is 13.9. The first kappa shape index (κ1) is 21.9. The van der Waals surface area contributed by atoms with E-state index in [4.69, 9.17) is 4.74 Å². The van der Waals surface area contributed by atoms with Crippen molar-refractivity contribution in [3.8, 4) is 5.75 Å². The third-order valence-corrected chi connectivity index (χ3v) is 6.05. The molecule has 3 aromatic carbocycles. The molecule has 32 heavy (non-hydrogen) atoms. The number of para-hydroxylation sites is 2. The molecule has 0 aromatic heterocycles. The number of piperazine rings is 1. The Kier molecular flexibility index (Phi) is 6.19. The second kappa shape index (κ2) is 9.04. The van der Waals surface area contributed by atoms with E-state index in [2.05, 4.69) is 15.9 Å². The highest BCUT2D eigenvalue weighted by atomic mass is 79.9. The topological polar surface area (TPSA) is 53.1 Å². The van der Waals surface area contributed by atoms with Gasteiger partial charge in [0.25, 0.3) is 5.91 Å². The van der Waals surface area contributed by atoms with E-state index in [1.165, 1.54) is 4.90 Å². The summed E-state index contributed by atoms with van der Waals surface area (Å²) < 4.78 is 6.36. The molecule has 0 bridgehead atoms. The van der Waals surface area contributed by atoms with Crippen LogP contribution in [-0.2, 0) is 9.59 Å². The van der Waals surface area contributed by atoms with E-state index >= 15 is 0 Å². The van der Waals surface area contributed by atoms with Crippen molar-refractivity contribution < 1.29 is 14.3 Å². The number of carbonyl (C=O) groups excluding carboxylic acids is 2. The number of hydrogen-bond donors (Lipinski definition) is 0. The number of carbonyl (C=O) groups is 2. The van der Waals surface area contributed by atoms with Crippen LogP contribution in [-0.4, -0.2) is 39.6 Å². The third-order valence-electron chi connectivity index (χ3n) is 5.53. The number of hydrogen-bond acceptors (Lipinski definition) is 4. The quantitative estimate of drug-likeness (QED) is 0.519. The van der Waals surface area contributed by atoms with E-state index in [0.717, 1.165) is 15.7 Å². The Balaban J connectivity index is 1.82. The van der Waals surface area contributed by atoms with Crippen molar-refractivity contribution in [1.29, 1.82) is 0 Å². The average Bonchev–Trinajstić information content (AvgIpc) is 2.81. The zero-order chi connectivity index (χ0) is 22.8. The van der Waals surface area contributed by atoms with E-state index in [9.17, 15) is 9.59 Å². The van der Waals surface area contributed by atoms with Crippen LogP contribution in [0.3, 0.4) is 0 Å². The smallest absolute Gasteiger partial charge is 0.255 e. The molecule has 164 valence electrons. The monoisotopic (exact) mass is 493 g/mol. The fraction of sp³-hybridized carbons (Fsp3) is 0.200. The molecule has 1 aliphatic rings. The van der Waals surface area contributed by atoms with Crippen molar-refractivity contribution in [3.63, 3.8) is 0 Å². The van der Waals surface area contributed by atoms with E-state index in [1.54, 1.807) is 24.1 Å². The summed E-state index contributed by atoms with van der Waals surface area (Å²) >= 11 is 3.44. The van der Waals surface area contributed by atoms with Gasteiger partial charge in [-0.05, 0) is 54.1 Å². The van der Waals surface area contributed by atoms with Gasteiger partial charge in [-0.3, -0.25) is 19.4 Å². The second-order valence-electron chi connectivity index (χ2n) is 7.72. The Morgan fingerprint density at radius 1 is 0.938 bits per heavy atom. The Labute approximate surface area is 196 Å². The molecule has 0 N–H and O–H groups in total. The van der Waals surface area contributed by atoms with Crippen LogP contribution in [0.15, 0.2) is 77.3 Å². The Morgan fingerprint density at radius 2 is 1.59 bits per heavy atom. The lowest BCUT2D eigenvalue weighted by molar-refractivity contribution is -0.128. The van der Waals surface area contributed by atoms with Gasteiger partial charge in [-0.1, -0.05) is 40.2 Å². The van der Waals surface area contributed by atoms with Gasteiger partial charge in [0, 0.05) is 29.9 Å². The molecule has 0 aliphatic carbocycles. The average molecular weight is 494 g/mol. The molecule has 0 radical (unpaired) electrons. The van der Waals surface area contributed by atoms with E-state index in [1.807, 2.05) is 79.7 Å². The highest BCUT2D eigenvalue weighted by molar-refractivity contribution is 9.10. The van der Waals surface area contributed by atoms with Gasteiger partial charge in [0.05, 0.1) is 12.8 Å². The molecule has 1 saturated heterocycles. The summed E-state index contributed by atoms with van der Waals surface area (Å²) in [4.78, 5) is 32.4. The molecule has 1 fully saturated rings. The van der Waals surface area contributed by atoms with Crippen LogP contribution in [0, 0.1) is 0 Å². The Hall–Kier alpha value is -3.32. The predicted octanol–water partition coefficient (Wildman–Crippen LogP) is 4.64. The number of amides is 2. The van der Waals surface area contributed by atoms with Gasteiger partial charge in [-0.2, -0.15) is 0 Å². The molecule has 2 amide bonds. The van der Waals surface area contributed by atoms with Crippen molar-refractivity contribution in [3.05, 3.63) is 82.8 Å². The number of rotatable bonds is 5. The van der Waals surface area contributed by atoms with Gasteiger partial charge in [-0.15, -0.1) is 0 Å². The number of ether oxygens (including phenoxy) is 1. The summed E-state index contributed by atoms with van der Waals surface area (Å²) in [5.41, 5.74) is 3.02. The van der Waals surface area contributed by atoms with Crippen molar-refractivity contribution in [2.24, 2.45) is 0 Å². The highest BCUT2D eigenvalue weighted by Crippen LogP contribution is 2.38. The van der Waals surface area contributed by atoms with Crippen molar-refractivity contribution >= 4 is 44.8 Å². The van der Waals surface area contributed by atoms with Crippen LogP contribution in [0.4, 0.5) is 17.1 Å². The largest absolute Gasteiger partial charge is 0.495 e. The van der Waals surface area contributed by atoms with Gasteiger partial charge in [0.15, 0.2) is 0 Å². The minimum Gasteiger partial charge on any atom is -0.495 e. The standard InChI is InChI=1S/C25H24BrN3O3/c1-27(2)19-12-8-17(9-13-19)24-25(31)28(21-6-4-5-7-22(21)32-3)16-23(30)29(24)20-14-10-18(26)11-15-20/h4-15,24H,16H2,1-3H3/t24-/m0/s1. The van der Waals surface area contributed by atoms with Crippen LogP contribution in [0.1, 0.15) is 11.6 Å². The van der Waals surface area contributed by atoms with Crippen LogP contribution >= 0.6 is 15.9 Å². The zero-order valence-electron chi connectivity index (χ0n) is 18.2. The summed E-state index contributed by atoms with van der Waals surface area (Å²) in [6.45, 7) is -0.0679. The van der Waals surface area contributed by atoms with Gasteiger partial charge >= 0.3 is 0 Å². The first-order chi connectivity index (χ1) is 15.4. The lowest BCUT2D eigenvalue weighted by Crippen LogP contribution is -2.56. The van der Waals surface area contributed by atoms with Crippen molar-refractivity contribution in [2.45, 2.75) is 6.04 Å². The number of halogens is 1.